The first-order valence-electron chi connectivity index (χ1n) is 7.41. The van der Waals surface area contributed by atoms with Crippen LogP contribution in [0.2, 0.25) is 0 Å². The van der Waals surface area contributed by atoms with Crippen molar-refractivity contribution in [2.24, 2.45) is 5.92 Å². The van der Waals surface area contributed by atoms with Gasteiger partial charge in [0.15, 0.2) is 0 Å². The van der Waals surface area contributed by atoms with Crippen LogP contribution in [0.3, 0.4) is 0 Å². The molecule has 0 spiro atoms. The molecule has 0 aromatic heterocycles. The second-order valence-electron chi connectivity index (χ2n) is 5.80. The van der Waals surface area contributed by atoms with E-state index in [0.29, 0.717) is 12.6 Å². The Labute approximate surface area is 106 Å². The molecule has 0 amide bonds. The van der Waals surface area contributed by atoms with Gasteiger partial charge in [-0.2, -0.15) is 0 Å². The minimum Gasteiger partial charge on any atom is -0.396 e. The normalized spacial score (nSPS) is 30.7. The number of piperidine rings is 1. The number of aliphatic hydroxyl groups is 1. The van der Waals surface area contributed by atoms with Crippen molar-refractivity contribution >= 4 is 0 Å². The molecule has 0 bridgehead atoms. The Morgan fingerprint density at radius 2 is 2.12 bits per heavy atom. The van der Waals surface area contributed by atoms with Gasteiger partial charge in [0, 0.05) is 31.8 Å². The lowest BCUT2D eigenvalue weighted by atomic mass is 9.90. The number of nitrogens with zero attached hydrogens (tertiary/aromatic N) is 1. The summed E-state index contributed by atoms with van der Waals surface area (Å²) in [6.07, 6.45) is 7.75. The maximum absolute atomic E-state index is 8.83. The fraction of sp³-hybridized carbons (Fsp3) is 1.00. The number of aliphatic hydroxyl groups excluding tert-OH is 1. The summed E-state index contributed by atoms with van der Waals surface area (Å²) in [5, 5.41) is 12.5. The van der Waals surface area contributed by atoms with E-state index >= 15 is 0 Å². The zero-order chi connectivity index (χ0) is 12.1. The molecule has 3 nitrogen and oxygen atoms in total. The van der Waals surface area contributed by atoms with E-state index in [9.17, 15) is 0 Å². The highest BCUT2D eigenvalue weighted by Crippen LogP contribution is 2.32. The van der Waals surface area contributed by atoms with Gasteiger partial charge >= 0.3 is 0 Å². The van der Waals surface area contributed by atoms with E-state index in [1.54, 1.807) is 0 Å². The molecular weight excluding hydrogens is 212 g/mol. The van der Waals surface area contributed by atoms with Gasteiger partial charge in [-0.25, -0.2) is 0 Å². The third kappa shape index (κ3) is 4.23. The fourth-order valence-corrected chi connectivity index (χ4v) is 3.13. The van der Waals surface area contributed by atoms with Crippen LogP contribution < -0.4 is 5.32 Å². The number of likely N-dealkylation sites (tertiary alicyclic amines) is 1. The highest BCUT2D eigenvalue weighted by molar-refractivity contribution is 4.92. The number of nitrogens with one attached hydrogen (secondary N) is 1. The molecule has 2 fully saturated rings. The van der Waals surface area contributed by atoms with Crippen LogP contribution in [0.4, 0.5) is 0 Å². The summed E-state index contributed by atoms with van der Waals surface area (Å²) in [6, 6.07) is 1.56. The highest BCUT2D eigenvalue weighted by Gasteiger charge is 2.35. The summed E-state index contributed by atoms with van der Waals surface area (Å²) in [4.78, 5) is 2.71. The Bertz CT molecular complexity index is 218. The molecule has 2 atom stereocenters. The molecule has 1 aliphatic heterocycles. The Balaban J connectivity index is 1.78. The molecule has 0 aromatic rings. The van der Waals surface area contributed by atoms with Gasteiger partial charge in [-0.1, -0.05) is 13.3 Å². The summed E-state index contributed by atoms with van der Waals surface area (Å²) < 4.78 is 0. The van der Waals surface area contributed by atoms with Gasteiger partial charge < -0.3 is 10.4 Å². The number of hydrogen-bond donors (Lipinski definition) is 2. The van der Waals surface area contributed by atoms with E-state index in [4.69, 9.17) is 5.11 Å². The molecule has 2 unspecified atom stereocenters. The SMILES string of the molecule is CCCC1CC(NCCCO)CN(C2CC2)C1. The highest BCUT2D eigenvalue weighted by atomic mass is 16.3. The van der Waals surface area contributed by atoms with Crippen LogP contribution in [0.25, 0.3) is 0 Å². The zero-order valence-corrected chi connectivity index (χ0v) is 11.2. The largest absolute Gasteiger partial charge is 0.396 e. The molecule has 0 aromatic carbocycles. The second-order valence-corrected chi connectivity index (χ2v) is 5.80. The molecule has 100 valence electrons. The molecule has 0 radical (unpaired) electrons. The number of rotatable bonds is 7. The van der Waals surface area contributed by atoms with Gasteiger partial charge in [0.2, 0.25) is 0 Å². The van der Waals surface area contributed by atoms with Gasteiger partial charge in [0.25, 0.3) is 0 Å². The first-order chi connectivity index (χ1) is 8.33. The molecule has 2 rings (SSSR count). The first-order valence-corrected chi connectivity index (χ1v) is 7.41. The summed E-state index contributed by atoms with van der Waals surface area (Å²) in [5.74, 6) is 0.890. The maximum Gasteiger partial charge on any atom is 0.0443 e. The monoisotopic (exact) mass is 240 g/mol. The quantitative estimate of drug-likeness (QED) is 0.664. The summed E-state index contributed by atoms with van der Waals surface area (Å²) in [5.41, 5.74) is 0. The number of hydrogen-bond acceptors (Lipinski definition) is 3. The van der Waals surface area contributed by atoms with E-state index in [-0.39, 0.29) is 0 Å². The van der Waals surface area contributed by atoms with Gasteiger partial charge in [0.05, 0.1) is 0 Å². The molecule has 1 saturated heterocycles. The third-order valence-corrected chi connectivity index (χ3v) is 4.09. The third-order valence-electron chi connectivity index (χ3n) is 4.09. The standard InChI is InChI=1S/C14H28N2O/c1-2-4-12-9-13(15-7-3-8-17)11-16(10-12)14-5-6-14/h12-15,17H,2-11H2,1H3. The smallest absolute Gasteiger partial charge is 0.0443 e. The van der Waals surface area contributed by atoms with Gasteiger partial charge in [-0.3, -0.25) is 4.90 Å². The lowest BCUT2D eigenvalue weighted by molar-refractivity contribution is 0.127. The van der Waals surface area contributed by atoms with Crippen molar-refractivity contribution < 1.29 is 5.11 Å². The van der Waals surface area contributed by atoms with E-state index in [0.717, 1.165) is 24.9 Å². The Morgan fingerprint density at radius 1 is 1.29 bits per heavy atom. The zero-order valence-electron chi connectivity index (χ0n) is 11.2. The first kappa shape index (κ1) is 13.3. The van der Waals surface area contributed by atoms with Crippen LogP contribution in [-0.4, -0.2) is 48.3 Å². The fourth-order valence-electron chi connectivity index (χ4n) is 3.13. The molecule has 1 saturated carbocycles. The molecule has 2 N–H and O–H groups in total. The van der Waals surface area contributed by atoms with Gasteiger partial charge in [-0.15, -0.1) is 0 Å². The minimum absolute atomic E-state index is 0.310. The van der Waals surface area contributed by atoms with Gasteiger partial charge in [-0.05, 0) is 44.6 Å². The lowest BCUT2D eigenvalue weighted by Crippen LogP contribution is -2.50. The van der Waals surface area contributed by atoms with Crippen molar-refractivity contribution in [2.75, 3.05) is 26.2 Å². The van der Waals surface area contributed by atoms with Crippen LogP contribution in [-0.2, 0) is 0 Å². The predicted octanol–water partition coefficient (Wildman–Crippen LogP) is 1.61. The van der Waals surface area contributed by atoms with E-state index in [1.165, 1.54) is 45.2 Å². The van der Waals surface area contributed by atoms with Crippen LogP contribution in [0.5, 0.6) is 0 Å². The van der Waals surface area contributed by atoms with Crippen molar-refractivity contribution in [3.63, 3.8) is 0 Å². The topological polar surface area (TPSA) is 35.5 Å². The Morgan fingerprint density at radius 3 is 2.76 bits per heavy atom. The van der Waals surface area contributed by atoms with E-state index in [1.807, 2.05) is 0 Å². The molecule has 1 aliphatic carbocycles. The van der Waals surface area contributed by atoms with Crippen LogP contribution in [0.15, 0.2) is 0 Å². The van der Waals surface area contributed by atoms with Crippen molar-refractivity contribution in [3.8, 4) is 0 Å². The maximum atomic E-state index is 8.83. The van der Waals surface area contributed by atoms with E-state index < -0.39 is 0 Å². The second kappa shape index (κ2) is 6.72. The molecule has 17 heavy (non-hydrogen) atoms. The van der Waals surface area contributed by atoms with Crippen molar-refractivity contribution in [2.45, 2.75) is 57.5 Å². The average Bonchev–Trinajstić information content (AvgIpc) is 3.13. The van der Waals surface area contributed by atoms with Crippen LogP contribution >= 0.6 is 0 Å². The molecule has 3 heteroatoms. The predicted molar refractivity (Wildman–Crippen MR) is 71.1 cm³/mol. The van der Waals surface area contributed by atoms with Crippen molar-refractivity contribution in [3.05, 3.63) is 0 Å². The lowest BCUT2D eigenvalue weighted by Gasteiger charge is -2.38. The average molecular weight is 240 g/mol. The Hall–Kier alpha value is -0.120. The van der Waals surface area contributed by atoms with E-state index in [2.05, 4.69) is 17.1 Å². The van der Waals surface area contributed by atoms with Crippen molar-refractivity contribution in [1.82, 2.24) is 10.2 Å². The Kier molecular flexibility index (Phi) is 5.26. The molecule has 2 aliphatic rings. The minimum atomic E-state index is 0.310. The molecule has 1 heterocycles. The van der Waals surface area contributed by atoms with Crippen LogP contribution in [0.1, 0.15) is 45.4 Å². The summed E-state index contributed by atoms with van der Waals surface area (Å²) in [7, 11) is 0. The summed E-state index contributed by atoms with van der Waals surface area (Å²) >= 11 is 0. The summed E-state index contributed by atoms with van der Waals surface area (Å²) in [6.45, 7) is 6.14. The van der Waals surface area contributed by atoms with Crippen LogP contribution in [0, 0.1) is 5.92 Å². The van der Waals surface area contributed by atoms with Gasteiger partial charge in [0.1, 0.15) is 0 Å². The molecular formula is C14H28N2O. The van der Waals surface area contributed by atoms with Crippen molar-refractivity contribution in [1.29, 1.82) is 0 Å².